The number of piperidine rings is 1. The molecule has 2 atom stereocenters. The van der Waals surface area contributed by atoms with Gasteiger partial charge in [0.1, 0.15) is 17.0 Å². The smallest absolute Gasteiger partial charge is 0.331 e. The van der Waals surface area contributed by atoms with E-state index in [1.165, 1.54) is 12.1 Å². The highest BCUT2D eigenvalue weighted by atomic mass is 32.2. The van der Waals surface area contributed by atoms with Crippen molar-refractivity contribution in [2.24, 2.45) is 0 Å². The van der Waals surface area contributed by atoms with Crippen molar-refractivity contribution < 1.29 is 27.5 Å². The van der Waals surface area contributed by atoms with Crippen molar-refractivity contribution >= 4 is 33.6 Å². The molecule has 1 aliphatic heterocycles. The predicted octanol–water partition coefficient (Wildman–Crippen LogP) is 3.01. The minimum absolute atomic E-state index is 0.0392. The molecule has 1 amide bonds. The Morgan fingerprint density at radius 2 is 1.95 bits per heavy atom. The maximum absolute atomic E-state index is 13.8. The van der Waals surface area contributed by atoms with Gasteiger partial charge in [-0.25, -0.2) is 23.0 Å². The van der Waals surface area contributed by atoms with Crippen LogP contribution in [0, 0.1) is 6.92 Å². The van der Waals surface area contributed by atoms with Crippen LogP contribution < -0.4 is 15.4 Å². The number of imidazole rings is 1. The van der Waals surface area contributed by atoms with Crippen LogP contribution in [0.15, 0.2) is 53.8 Å². The minimum Gasteiger partial charge on any atom is -0.391 e. The number of aromatic amines is 1. The molecule has 3 aromatic rings. The van der Waals surface area contributed by atoms with Crippen LogP contribution >= 0.6 is 0 Å². The van der Waals surface area contributed by atoms with Gasteiger partial charge in [-0.2, -0.15) is 4.72 Å². The first kappa shape index (κ1) is 31.0. The van der Waals surface area contributed by atoms with Gasteiger partial charge in [0.15, 0.2) is 0 Å². The van der Waals surface area contributed by atoms with Gasteiger partial charge >= 0.3 is 11.9 Å². The summed E-state index contributed by atoms with van der Waals surface area (Å²) in [5, 5.41) is 5.73. The lowest BCUT2D eigenvalue weighted by atomic mass is 10.1. The van der Waals surface area contributed by atoms with Gasteiger partial charge in [0, 0.05) is 23.9 Å². The van der Waals surface area contributed by atoms with Gasteiger partial charge in [0.2, 0.25) is 15.9 Å². The van der Waals surface area contributed by atoms with E-state index < -0.39 is 40.0 Å². The summed E-state index contributed by atoms with van der Waals surface area (Å²) in [7, 11) is -4.41. The molecular weight excluding hydrogens is 560 g/mol. The fraction of sp³-hybridized carbons (Fsp3) is 0.414. The van der Waals surface area contributed by atoms with E-state index in [2.05, 4.69) is 30.3 Å². The molecule has 1 fully saturated rings. The first-order chi connectivity index (χ1) is 20.2. The zero-order valence-electron chi connectivity index (χ0n) is 23.7. The Kier molecular flexibility index (Phi) is 10.6. The van der Waals surface area contributed by atoms with Gasteiger partial charge in [0.05, 0.1) is 23.4 Å². The fourth-order valence-corrected chi connectivity index (χ4v) is 6.13. The number of rotatable bonds is 12. The molecule has 3 heterocycles. The van der Waals surface area contributed by atoms with Crippen molar-refractivity contribution in [3.05, 3.63) is 60.3 Å². The Balaban J connectivity index is 1.63. The Morgan fingerprint density at radius 1 is 1.12 bits per heavy atom. The SMILES string of the molecule is CCC(=O)Nc1c(-c2ccccn2)cccc1S(=O)(=O)NC(CCCc1nc[nH]c1C)C(=O)OC(=O)C1CCCCN1. The summed E-state index contributed by atoms with van der Waals surface area (Å²) >= 11 is 0. The topological polar surface area (TPSA) is 172 Å². The molecule has 224 valence electrons. The van der Waals surface area contributed by atoms with Gasteiger partial charge in [-0.15, -0.1) is 0 Å². The van der Waals surface area contributed by atoms with Crippen molar-refractivity contribution in [2.75, 3.05) is 11.9 Å². The van der Waals surface area contributed by atoms with Gasteiger partial charge in [-0.3, -0.25) is 9.78 Å². The Labute approximate surface area is 245 Å². The van der Waals surface area contributed by atoms with E-state index in [1.807, 2.05) is 6.92 Å². The maximum Gasteiger partial charge on any atom is 0.331 e. The molecule has 0 bridgehead atoms. The van der Waals surface area contributed by atoms with Crippen molar-refractivity contribution in [3.63, 3.8) is 0 Å². The largest absolute Gasteiger partial charge is 0.391 e. The number of ether oxygens (including phenoxy) is 1. The molecule has 12 nitrogen and oxygen atoms in total. The number of para-hydroxylation sites is 1. The van der Waals surface area contributed by atoms with Crippen molar-refractivity contribution in [1.82, 2.24) is 25.0 Å². The second-order valence-electron chi connectivity index (χ2n) is 10.1. The molecule has 42 heavy (non-hydrogen) atoms. The fourth-order valence-electron chi connectivity index (χ4n) is 4.73. The lowest BCUT2D eigenvalue weighted by molar-refractivity contribution is -0.162. The zero-order chi connectivity index (χ0) is 30.1. The first-order valence-corrected chi connectivity index (χ1v) is 15.5. The Bertz CT molecular complexity index is 1500. The molecule has 0 radical (unpaired) electrons. The van der Waals surface area contributed by atoms with Crippen LogP contribution in [-0.2, 0) is 35.6 Å². The standard InChI is InChI=1S/C29H36N6O6S/c1-3-26(36)34-27-20(22-11-4-6-16-30-22)10-8-15-25(27)42(39,40)35-24(14-9-13-21-19(2)32-18-33-21)29(38)41-28(37)23-12-5-7-17-31-23/h4,6,8,10-11,15-16,18,23-24,31,35H,3,5,7,9,12-14,17H2,1-2H3,(H,32,33)(H,34,36). The van der Waals surface area contributed by atoms with Gasteiger partial charge in [-0.1, -0.05) is 31.5 Å². The van der Waals surface area contributed by atoms with Gasteiger partial charge < -0.3 is 20.4 Å². The summed E-state index contributed by atoms with van der Waals surface area (Å²) < 4.78 is 35.3. The summed E-state index contributed by atoms with van der Waals surface area (Å²) in [4.78, 5) is 49.7. The number of hydrogen-bond donors (Lipinski definition) is 4. The highest BCUT2D eigenvalue weighted by molar-refractivity contribution is 7.89. The van der Waals surface area contributed by atoms with E-state index in [0.29, 0.717) is 37.1 Å². The number of carbonyl (C=O) groups excluding carboxylic acids is 3. The molecule has 2 unspecified atom stereocenters. The van der Waals surface area contributed by atoms with Gasteiger partial charge in [-0.05, 0) is 63.8 Å². The second-order valence-corrected chi connectivity index (χ2v) is 11.8. The summed E-state index contributed by atoms with van der Waals surface area (Å²) in [6, 6.07) is 7.70. The maximum atomic E-state index is 13.8. The number of pyridine rings is 1. The monoisotopic (exact) mass is 596 g/mol. The number of amides is 1. The molecule has 0 spiro atoms. The number of esters is 2. The molecule has 13 heteroatoms. The van der Waals surface area contributed by atoms with E-state index in [9.17, 15) is 22.8 Å². The lowest BCUT2D eigenvalue weighted by Crippen LogP contribution is -2.46. The molecule has 0 aliphatic carbocycles. The average molecular weight is 597 g/mol. The number of anilines is 1. The molecule has 0 saturated carbocycles. The lowest BCUT2D eigenvalue weighted by Gasteiger charge is -2.23. The normalized spacial score (nSPS) is 16.0. The molecule has 4 rings (SSSR count). The summed E-state index contributed by atoms with van der Waals surface area (Å²) in [5.74, 6) is -2.12. The summed E-state index contributed by atoms with van der Waals surface area (Å²) in [5.41, 5.74) is 2.55. The van der Waals surface area contributed by atoms with Crippen molar-refractivity contribution in [3.8, 4) is 11.3 Å². The number of nitrogens with zero attached hydrogens (tertiary/aromatic N) is 2. The second kappa shape index (κ2) is 14.3. The summed E-state index contributed by atoms with van der Waals surface area (Å²) in [6.07, 6.45) is 6.42. The number of nitrogens with one attached hydrogen (secondary N) is 4. The predicted molar refractivity (Wildman–Crippen MR) is 156 cm³/mol. The van der Waals surface area contributed by atoms with Crippen LogP contribution in [0.1, 0.15) is 56.8 Å². The molecule has 2 aromatic heterocycles. The quantitative estimate of drug-likeness (QED) is 0.181. The Hall–Kier alpha value is -3.94. The third-order valence-corrected chi connectivity index (χ3v) is 8.57. The number of benzene rings is 1. The van der Waals surface area contributed by atoms with Crippen LogP contribution in [0.5, 0.6) is 0 Å². The minimum atomic E-state index is -4.41. The number of hydrogen-bond acceptors (Lipinski definition) is 9. The van der Waals surface area contributed by atoms with Crippen LogP contribution in [-0.4, -0.2) is 59.8 Å². The number of H-pyrrole nitrogens is 1. The van der Waals surface area contributed by atoms with Crippen LogP contribution in [0.25, 0.3) is 11.3 Å². The van der Waals surface area contributed by atoms with Crippen LogP contribution in [0.4, 0.5) is 5.69 Å². The number of aromatic nitrogens is 3. The van der Waals surface area contributed by atoms with E-state index in [0.717, 1.165) is 24.2 Å². The highest BCUT2D eigenvalue weighted by Gasteiger charge is 2.33. The van der Waals surface area contributed by atoms with E-state index in [4.69, 9.17) is 4.74 Å². The number of aryl methyl sites for hydroxylation is 2. The molecule has 1 aromatic carbocycles. The number of sulfonamides is 1. The van der Waals surface area contributed by atoms with E-state index >= 15 is 0 Å². The first-order valence-electron chi connectivity index (χ1n) is 14.0. The van der Waals surface area contributed by atoms with Crippen molar-refractivity contribution in [2.45, 2.75) is 75.8 Å². The number of carbonyl (C=O) groups is 3. The van der Waals surface area contributed by atoms with Crippen LogP contribution in [0.3, 0.4) is 0 Å². The molecule has 1 aliphatic rings. The third kappa shape index (κ3) is 7.87. The van der Waals surface area contributed by atoms with E-state index in [-0.39, 0.29) is 23.4 Å². The highest BCUT2D eigenvalue weighted by Crippen LogP contribution is 2.33. The van der Waals surface area contributed by atoms with E-state index in [1.54, 1.807) is 43.7 Å². The molecule has 1 saturated heterocycles. The third-order valence-electron chi connectivity index (χ3n) is 7.06. The molecular formula is C29H36N6O6S. The Morgan fingerprint density at radius 3 is 2.62 bits per heavy atom. The average Bonchev–Trinajstić information content (AvgIpc) is 3.41. The van der Waals surface area contributed by atoms with Crippen LogP contribution in [0.2, 0.25) is 0 Å². The van der Waals surface area contributed by atoms with Crippen molar-refractivity contribution in [1.29, 1.82) is 0 Å². The molecule has 4 N–H and O–H groups in total. The van der Waals surface area contributed by atoms with Gasteiger partial charge in [0.25, 0.3) is 0 Å². The zero-order valence-corrected chi connectivity index (χ0v) is 24.5. The summed E-state index contributed by atoms with van der Waals surface area (Å²) in [6.45, 7) is 4.15.